The van der Waals surface area contributed by atoms with Crippen molar-refractivity contribution in [1.82, 2.24) is 9.78 Å². The molecule has 1 aromatic heterocycles. The molecule has 0 unspecified atom stereocenters. The maximum absolute atomic E-state index is 9.53. The van der Waals surface area contributed by atoms with Gasteiger partial charge in [-0.25, -0.2) is 0 Å². The van der Waals surface area contributed by atoms with Crippen LogP contribution in [0, 0.1) is 11.3 Å². The predicted octanol–water partition coefficient (Wildman–Crippen LogP) is 3.62. The molecule has 0 saturated carbocycles. The van der Waals surface area contributed by atoms with Crippen molar-refractivity contribution in [1.29, 1.82) is 5.26 Å². The molecule has 3 aromatic rings. The van der Waals surface area contributed by atoms with Crippen LogP contribution in [0.5, 0.6) is 0 Å². The summed E-state index contributed by atoms with van der Waals surface area (Å²) in [4.78, 5) is 0. The van der Waals surface area contributed by atoms with E-state index in [0.29, 0.717) is 13.0 Å². The van der Waals surface area contributed by atoms with Crippen LogP contribution in [0.25, 0.3) is 22.4 Å². The number of aliphatic hydroxyl groups is 1. The normalized spacial score (nSPS) is 10.4. The molecule has 4 heteroatoms. The predicted molar refractivity (Wildman–Crippen MR) is 89.3 cm³/mol. The Bertz CT molecular complexity index is 814. The number of hydrogen-bond donors (Lipinski definition) is 1. The molecule has 23 heavy (non-hydrogen) atoms. The number of rotatable bonds is 5. The fourth-order valence-electron chi connectivity index (χ4n) is 2.55. The Hall–Kier alpha value is -2.90. The minimum Gasteiger partial charge on any atom is -0.392 e. The van der Waals surface area contributed by atoms with Crippen LogP contribution < -0.4 is 0 Å². The van der Waals surface area contributed by atoms with Crippen LogP contribution in [0.1, 0.15) is 12.0 Å². The summed E-state index contributed by atoms with van der Waals surface area (Å²) in [6.07, 6.45) is 2.21. The fourth-order valence-corrected chi connectivity index (χ4v) is 2.55. The fraction of sp³-hybridized carbons (Fsp3) is 0.158. The molecule has 0 radical (unpaired) electrons. The molecule has 1 heterocycles. The highest BCUT2D eigenvalue weighted by atomic mass is 16.3. The number of aromatic nitrogens is 2. The van der Waals surface area contributed by atoms with E-state index in [4.69, 9.17) is 5.26 Å². The highest BCUT2D eigenvalue weighted by Gasteiger charge is 2.10. The van der Waals surface area contributed by atoms with Crippen LogP contribution in [-0.4, -0.2) is 14.9 Å². The van der Waals surface area contributed by atoms with Crippen molar-refractivity contribution < 1.29 is 5.11 Å². The van der Waals surface area contributed by atoms with Gasteiger partial charge in [-0.3, -0.25) is 4.68 Å². The van der Waals surface area contributed by atoms with Crippen LogP contribution in [-0.2, 0) is 13.2 Å². The van der Waals surface area contributed by atoms with Gasteiger partial charge in [-0.2, -0.15) is 10.4 Å². The van der Waals surface area contributed by atoms with Crippen molar-refractivity contribution in [2.45, 2.75) is 19.6 Å². The smallest absolute Gasteiger partial charge is 0.0978 e. The number of aryl methyl sites for hydroxylation is 1. The number of benzene rings is 2. The molecule has 114 valence electrons. The minimum atomic E-state index is -0.0671. The SMILES string of the molecule is N#CCCn1cc(CO)c(-c2ccc(-c3ccccc3)cc2)n1. The minimum absolute atomic E-state index is 0.0671. The molecule has 0 atom stereocenters. The molecule has 0 bridgehead atoms. The quantitative estimate of drug-likeness (QED) is 0.783. The number of nitrogens with zero attached hydrogens (tertiary/aromatic N) is 3. The third-order valence-corrected chi connectivity index (χ3v) is 3.73. The Labute approximate surface area is 135 Å². The summed E-state index contributed by atoms with van der Waals surface area (Å²) < 4.78 is 1.72. The van der Waals surface area contributed by atoms with Crippen LogP contribution in [0.2, 0.25) is 0 Å². The molecule has 0 amide bonds. The third kappa shape index (κ3) is 3.31. The van der Waals surface area contributed by atoms with Gasteiger partial charge in [0.25, 0.3) is 0 Å². The lowest BCUT2D eigenvalue weighted by Crippen LogP contribution is -1.97. The molecule has 0 saturated heterocycles. The van der Waals surface area contributed by atoms with Crippen LogP contribution in [0.4, 0.5) is 0 Å². The van der Waals surface area contributed by atoms with Crippen molar-refractivity contribution in [3.8, 4) is 28.5 Å². The van der Waals surface area contributed by atoms with Crippen molar-refractivity contribution in [2.75, 3.05) is 0 Å². The Morgan fingerprint density at radius 1 is 0.957 bits per heavy atom. The van der Waals surface area contributed by atoms with Crippen molar-refractivity contribution in [3.05, 3.63) is 66.4 Å². The summed E-state index contributed by atoms with van der Waals surface area (Å²) in [5, 5.41) is 22.7. The molecule has 0 aliphatic heterocycles. The van der Waals surface area contributed by atoms with E-state index in [1.54, 1.807) is 10.9 Å². The molecule has 4 nitrogen and oxygen atoms in total. The highest BCUT2D eigenvalue weighted by Crippen LogP contribution is 2.26. The monoisotopic (exact) mass is 303 g/mol. The molecule has 1 N–H and O–H groups in total. The lowest BCUT2D eigenvalue weighted by atomic mass is 10.0. The van der Waals surface area contributed by atoms with E-state index in [9.17, 15) is 5.11 Å². The second kappa shape index (κ2) is 6.91. The zero-order valence-corrected chi connectivity index (χ0v) is 12.7. The molecule has 0 spiro atoms. The van der Waals surface area contributed by atoms with E-state index in [1.165, 1.54) is 5.56 Å². The summed E-state index contributed by atoms with van der Waals surface area (Å²) >= 11 is 0. The van der Waals surface area contributed by atoms with Crippen LogP contribution in [0.15, 0.2) is 60.8 Å². The van der Waals surface area contributed by atoms with Gasteiger partial charge in [-0.15, -0.1) is 0 Å². The van der Waals surface area contributed by atoms with E-state index in [-0.39, 0.29) is 6.61 Å². The van der Waals surface area contributed by atoms with Gasteiger partial charge in [0.2, 0.25) is 0 Å². The zero-order chi connectivity index (χ0) is 16.1. The van der Waals surface area contributed by atoms with Gasteiger partial charge in [0.1, 0.15) is 0 Å². The average Bonchev–Trinajstić information content (AvgIpc) is 3.04. The topological polar surface area (TPSA) is 61.8 Å². The van der Waals surface area contributed by atoms with Gasteiger partial charge in [0, 0.05) is 17.3 Å². The summed E-state index contributed by atoms with van der Waals surface area (Å²) in [6.45, 7) is 0.466. The van der Waals surface area contributed by atoms with Gasteiger partial charge < -0.3 is 5.11 Å². The molecule has 0 fully saturated rings. The second-order valence-corrected chi connectivity index (χ2v) is 5.28. The Morgan fingerprint density at radius 2 is 1.61 bits per heavy atom. The summed E-state index contributed by atoms with van der Waals surface area (Å²) in [6, 6.07) is 20.4. The van der Waals surface area contributed by atoms with Crippen molar-refractivity contribution in [3.63, 3.8) is 0 Å². The van der Waals surface area contributed by atoms with Gasteiger partial charge in [-0.05, 0) is 11.1 Å². The van der Waals surface area contributed by atoms with Crippen LogP contribution in [0.3, 0.4) is 0 Å². The van der Waals surface area contributed by atoms with Crippen LogP contribution >= 0.6 is 0 Å². The molecular formula is C19H17N3O. The Morgan fingerprint density at radius 3 is 2.26 bits per heavy atom. The maximum Gasteiger partial charge on any atom is 0.0978 e. The largest absolute Gasteiger partial charge is 0.392 e. The molecular weight excluding hydrogens is 286 g/mol. The molecule has 0 aliphatic carbocycles. The van der Waals surface area contributed by atoms with Crippen molar-refractivity contribution >= 4 is 0 Å². The first-order valence-corrected chi connectivity index (χ1v) is 7.52. The summed E-state index contributed by atoms with van der Waals surface area (Å²) in [7, 11) is 0. The van der Waals surface area contributed by atoms with E-state index in [2.05, 4.69) is 35.4 Å². The third-order valence-electron chi connectivity index (χ3n) is 3.73. The van der Waals surface area contributed by atoms with Gasteiger partial charge in [-0.1, -0.05) is 54.6 Å². The number of hydrogen-bond acceptors (Lipinski definition) is 3. The van der Waals surface area contributed by atoms with E-state index >= 15 is 0 Å². The van der Waals surface area contributed by atoms with Crippen molar-refractivity contribution in [2.24, 2.45) is 0 Å². The standard InChI is InChI=1S/C19H17N3O/c20-11-4-12-22-13-18(14-23)19(21-22)17-9-7-16(8-10-17)15-5-2-1-3-6-15/h1-3,5-10,13,23H,4,12,14H2. The zero-order valence-electron chi connectivity index (χ0n) is 12.7. The summed E-state index contributed by atoms with van der Waals surface area (Å²) in [5.74, 6) is 0. The first-order chi connectivity index (χ1) is 11.3. The molecule has 0 aliphatic rings. The lowest BCUT2D eigenvalue weighted by molar-refractivity contribution is 0.282. The first kappa shape index (κ1) is 15.0. The lowest BCUT2D eigenvalue weighted by Gasteiger charge is -2.04. The highest BCUT2D eigenvalue weighted by molar-refractivity contribution is 5.69. The molecule has 2 aromatic carbocycles. The van der Waals surface area contributed by atoms with E-state index in [1.807, 2.05) is 30.3 Å². The first-order valence-electron chi connectivity index (χ1n) is 7.52. The average molecular weight is 303 g/mol. The van der Waals surface area contributed by atoms with Gasteiger partial charge in [0.15, 0.2) is 0 Å². The number of nitriles is 1. The maximum atomic E-state index is 9.53. The molecule has 3 rings (SSSR count). The summed E-state index contributed by atoms with van der Waals surface area (Å²) in [5.41, 5.74) is 4.81. The van der Waals surface area contributed by atoms with Gasteiger partial charge in [0.05, 0.1) is 31.3 Å². The van der Waals surface area contributed by atoms with E-state index < -0.39 is 0 Å². The second-order valence-electron chi connectivity index (χ2n) is 5.28. The van der Waals surface area contributed by atoms with E-state index in [0.717, 1.165) is 22.4 Å². The number of aliphatic hydroxyl groups excluding tert-OH is 1. The Kier molecular flexibility index (Phi) is 4.51. The van der Waals surface area contributed by atoms with Gasteiger partial charge >= 0.3 is 0 Å². The Balaban J connectivity index is 1.90.